The molecule has 1 aliphatic rings. The lowest BCUT2D eigenvalue weighted by Gasteiger charge is -2.25. The Bertz CT molecular complexity index is 1020. The van der Waals surface area contributed by atoms with Gasteiger partial charge in [0.25, 0.3) is 0 Å². The Morgan fingerprint density at radius 2 is 1.81 bits per heavy atom. The lowest BCUT2D eigenvalue weighted by Crippen LogP contribution is -2.32. The van der Waals surface area contributed by atoms with Gasteiger partial charge in [0.1, 0.15) is 19.0 Å². The van der Waals surface area contributed by atoms with Crippen molar-refractivity contribution >= 4 is 21.6 Å². The van der Waals surface area contributed by atoms with Gasteiger partial charge in [0.2, 0.25) is 15.9 Å². The van der Waals surface area contributed by atoms with Crippen LogP contribution in [0.5, 0.6) is 17.2 Å². The van der Waals surface area contributed by atoms with Crippen molar-refractivity contribution in [2.24, 2.45) is 0 Å². The predicted octanol–water partition coefficient (Wildman–Crippen LogP) is 2.67. The van der Waals surface area contributed by atoms with Crippen molar-refractivity contribution in [3.63, 3.8) is 0 Å². The number of anilines is 1. The highest BCUT2D eigenvalue weighted by Gasteiger charge is 2.21. The minimum atomic E-state index is -3.52. The Kier molecular flexibility index (Phi) is 7.27. The number of para-hydroxylation sites is 1. The highest BCUT2D eigenvalue weighted by atomic mass is 32.2. The number of methoxy groups -OCH3 is 1. The molecule has 0 bridgehead atoms. The molecule has 0 radical (unpaired) electrons. The van der Waals surface area contributed by atoms with E-state index in [0.717, 1.165) is 17.6 Å². The number of carbonyl (C=O) groups excluding carboxylic acids is 1. The third-order valence-electron chi connectivity index (χ3n) is 4.99. The monoisotopic (exact) mass is 448 g/mol. The largest absolute Gasteiger partial charge is 0.496 e. The standard InChI is InChI=1S/C22H28N2O6S/c1-23(16-17-7-4-5-8-19(17)28-2)22(25)9-6-12-24(31(3,26)27)18-10-11-20-21(15-18)30-14-13-29-20/h4-5,7-8,10-11,15H,6,9,12-14,16H2,1-3H3. The molecule has 168 valence electrons. The number of ether oxygens (including phenoxy) is 3. The van der Waals surface area contributed by atoms with Crippen LogP contribution in [0.25, 0.3) is 0 Å². The lowest BCUT2D eigenvalue weighted by molar-refractivity contribution is -0.130. The zero-order valence-electron chi connectivity index (χ0n) is 18.0. The molecule has 2 aromatic carbocycles. The molecule has 3 rings (SSSR count). The number of sulfonamides is 1. The molecular weight excluding hydrogens is 420 g/mol. The van der Waals surface area contributed by atoms with Crippen LogP contribution >= 0.6 is 0 Å². The number of amides is 1. The molecule has 0 saturated carbocycles. The summed E-state index contributed by atoms with van der Waals surface area (Å²) in [7, 11) is -0.203. The normalized spacial score (nSPS) is 12.9. The van der Waals surface area contributed by atoms with E-state index < -0.39 is 10.0 Å². The number of carbonyl (C=O) groups is 1. The Labute approximate surface area is 183 Å². The number of hydrogen-bond acceptors (Lipinski definition) is 6. The molecule has 0 atom stereocenters. The van der Waals surface area contributed by atoms with E-state index >= 15 is 0 Å². The topological polar surface area (TPSA) is 85.4 Å². The highest BCUT2D eigenvalue weighted by Crippen LogP contribution is 2.34. The van der Waals surface area contributed by atoms with Crippen LogP contribution in [0, 0.1) is 0 Å². The average molecular weight is 449 g/mol. The average Bonchev–Trinajstić information content (AvgIpc) is 2.75. The summed E-state index contributed by atoms with van der Waals surface area (Å²) in [5.41, 5.74) is 1.40. The van der Waals surface area contributed by atoms with Crippen LogP contribution in [0.4, 0.5) is 5.69 Å². The second-order valence-corrected chi connectivity index (χ2v) is 9.24. The van der Waals surface area contributed by atoms with E-state index in [1.165, 1.54) is 4.31 Å². The fraction of sp³-hybridized carbons (Fsp3) is 0.409. The Hall–Kier alpha value is -2.94. The maximum absolute atomic E-state index is 12.6. The highest BCUT2D eigenvalue weighted by molar-refractivity contribution is 7.92. The fourth-order valence-corrected chi connectivity index (χ4v) is 4.37. The van der Waals surface area contributed by atoms with Crippen LogP contribution < -0.4 is 18.5 Å². The first kappa shape index (κ1) is 22.7. The summed E-state index contributed by atoms with van der Waals surface area (Å²) in [6.07, 6.45) is 1.76. The lowest BCUT2D eigenvalue weighted by atomic mass is 10.2. The Balaban J connectivity index is 1.61. The van der Waals surface area contributed by atoms with E-state index in [9.17, 15) is 13.2 Å². The van der Waals surface area contributed by atoms with Gasteiger partial charge in [0.15, 0.2) is 11.5 Å². The molecule has 1 amide bonds. The van der Waals surface area contributed by atoms with Gasteiger partial charge in [-0.05, 0) is 24.6 Å². The third-order valence-corrected chi connectivity index (χ3v) is 6.19. The van der Waals surface area contributed by atoms with Crippen molar-refractivity contribution in [2.75, 3.05) is 44.5 Å². The van der Waals surface area contributed by atoms with Crippen LogP contribution in [-0.2, 0) is 21.4 Å². The molecule has 1 heterocycles. The first-order valence-corrected chi connectivity index (χ1v) is 11.9. The summed E-state index contributed by atoms with van der Waals surface area (Å²) >= 11 is 0. The minimum Gasteiger partial charge on any atom is -0.496 e. The molecule has 0 N–H and O–H groups in total. The first-order valence-electron chi connectivity index (χ1n) is 10.0. The summed E-state index contributed by atoms with van der Waals surface area (Å²) in [6.45, 7) is 1.49. The molecule has 9 heteroatoms. The summed E-state index contributed by atoms with van der Waals surface area (Å²) < 4.78 is 42.4. The minimum absolute atomic E-state index is 0.0680. The van der Waals surface area contributed by atoms with E-state index in [4.69, 9.17) is 14.2 Å². The van der Waals surface area contributed by atoms with Gasteiger partial charge in [-0.2, -0.15) is 0 Å². The summed E-state index contributed by atoms with van der Waals surface area (Å²) in [5.74, 6) is 1.77. The van der Waals surface area contributed by atoms with Gasteiger partial charge in [0.05, 0.1) is 19.1 Å². The van der Waals surface area contributed by atoms with Crippen LogP contribution in [0.15, 0.2) is 42.5 Å². The van der Waals surface area contributed by atoms with Crippen LogP contribution in [-0.4, -0.2) is 59.4 Å². The van der Waals surface area contributed by atoms with E-state index in [2.05, 4.69) is 0 Å². The van der Waals surface area contributed by atoms with Crippen molar-refractivity contribution in [1.29, 1.82) is 0 Å². The van der Waals surface area contributed by atoms with E-state index in [0.29, 0.717) is 43.4 Å². The number of hydrogen-bond donors (Lipinski definition) is 0. The second kappa shape index (κ2) is 9.91. The molecule has 0 spiro atoms. The molecule has 1 aliphatic heterocycles. The molecule has 2 aromatic rings. The molecule has 0 unspecified atom stereocenters. The molecule has 0 saturated heterocycles. The van der Waals surface area contributed by atoms with Crippen molar-refractivity contribution in [1.82, 2.24) is 4.90 Å². The van der Waals surface area contributed by atoms with Crippen LogP contribution in [0.1, 0.15) is 18.4 Å². The maximum atomic E-state index is 12.6. The maximum Gasteiger partial charge on any atom is 0.232 e. The summed E-state index contributed by atoms with van der Waals surface area (Å²) in [6, 6.07) is 12.6. The number of fused-ring (bicyclic) bond motifs is 1. The van der Waals surface area contributed by atoms with Gasteiger partial charge < -0.3 is 19.1 Å². The zero-order chi connectivity index (χ0) is 22.4. The van der Waals surface area contributed by atoms with Gasteiger partial charge in [-0.15, -0.1) is 0 Å². The Morgan fingerprint density at radius 1 is 1.10 bits per heavy atom. The van der Waals surface area contributed by atoms with Crippen molar-refractivity contribution in [3.05, 3.63) is 48.0 Å². The van der Waals surface area contributed by atoms with Crippen molar-refractivity contribution < 1.29 is 27.4 Å². The number of benzene rings is 2. The quantitative estimate of drug-likeness (QED) is 0.586. The number of rotatable bonds is 9. The van der Waals surface area contributed by atoms with Gasteiger partial charge >= 0.3 is 0 Å². The van der Waals surface area contributed by atoms with Gasteiger partial charge in [0, 0.05) is 38.2 Å². The van der Waals surface area contributed by atoms with Gasteiger partial charge in [-0.1, -0.05) is 18.2 Å². The van der Waals surface area contributed by atoms with Crippen molar-refractivity contribution in [3.8, 4) is 17.2 Å². The molecular formula is C22H28N2O6S. The molecule has 31 heavy (non-hydrogen) atoms. The second-order valence-electron chi connectivity index (χ2n) is 7.33. The predicted molar refractivity (Wildman–Crippen MR) is 118 cm³/mol. The van der Waals surface area contributed by atoms with E-state index in [-0.39, 0.29) is 18.9 Å². The van der Waals surface area contributed by atoms with Crippen LogP contribution in [0.3, 0.4) is 0 Å². The molecule has 0 aromatic heterocycles. The summed E-state index contributed by atoms with van der Waals surface area (Å²) in [5, 5.41) is 0. The van der Waals surface area contributed by atoms with E-state index in [1.807, 2.05) is 24.3 Å². The Morgan fingerprint density at radius 3 is 2.52 bits per heavy atom. The number of nitrogens with zero attached hydrogens (tertiary/aromatic N) is 2. The fourth-order valence-electron chi connectivity index (χ4n) is 3.42. The summed E-state index contributed by atoms with van der Waals surface area (Å²) in [4.78, 5) is 14.2. The first-order chi connectivity index (χ1) is 14.8. The molecule has 0 aliphatic carbocycles. The molecule has 8 nitrogen and oxygen atoms in total. The third kappa shape index (κ3) is 5.81. The van der Waals surface area contributed by atoms with Crippen LogP contribution in [0.2, 0.25) is 0 Å². The zero-order valence-corrected chi connectivity index (χ0v) is 18.9. The molecule has 0 fully saturated rings. The smallest absolute Gasteiger partial charge is 0.232 e. The van der Waals surface area contributed by atoms with Crippen molar-refractivity contribution in [2.45, 2.75) is 19.4 Å². The van der Waals surface area contributed by atoms with Gasteiger partial charge in [-0.25, -0.2) is 8.42 Å². The van der Waals surface area contributed by atoms with E-state index in [1.54, 1.807) is 37.3 Å². The SMILES string of the molecule is COc1ccccc1CN(C)C(=O)CCCN(c1ccc2c(c1)OCCO2)S(C)(=O)=O. The van der Waals surface area contributed by atoms with Gasteiger partial charge in [-0.3, -0.25) is 9.10 Å².